The van der Waals surface area contributed by atoms with E-state index in [1.807, 2.05) is 6.92 Å². The zero-order valence-corrected chi connectivity index (χ0v) is 8.06. The van der Waals surface area contributed by atoms with Crippen LogP contribution in [0.4, 0.5) is 4.79 Å². The van der Waals surface area contributed by atoms with E-state index in [2.05, 4.69) is 5.32 Å². The van der Waals surface area contributed by atoms with E-state index < -0.39 is 0 Å². The standard InChI is InChI=1S/C7H15N3O.ClH/c1-2-9-7(11)10-4-3-6(8)5-10;/h6H,2-5,8H2,1H3,(H,9,11);1H. The van der Waals surface area contributed by atoms with Crippen molar-refractivity contribution in [2.45, 2.75) is 19.4 Å². The second-order valence-corrected chi connectivity index (χ2v) is 2.83. The van der Waals surface area contributed by atoms with Crippen LogP contribution in [0.5, 0.6) is 0 Å². The maximum Gasteiger partial charge on any atom is 0.317 e. The molecular formula is C7H16ClN3O. The number of nitrogens with zero attached hydrogens (tertiary/aromatic N) is 1. The summed E-state index contributed by atoms with van der Waals surface area (Å²) in [4.78, 5) is 12.9. The number of hydrogen-bond donors (Lipinski definition) is 2. The molecule has 1 aliphatic heterocycles. The van der Waals surface area contributed by atoms with Gasteiger partial charge in [0.2, 0.25) is 0 Å². The van der Waals surface area contributed by atoms with Gasteiger partial charge in [-0.1, -0.05) is 0 Å². The Bertz CT molecular complexity index is 154. The average Bonchev–Trinajstić information content (AvgIpc) is 2.36. The second-order valence-electron chi connectivity index (χ2n) is 2.83. The molecule has 0 aliphatic carbocycles. The molecule has 0 radical (unpaired) electrons. The lowest BCUT2D eigenvalue weighted by molar-refractivity contribution is 0.209. The highest BCUT2D eigenvalue weighted by Gasteiger charge is 2.22. The quantitative estimate of drug-likeness (QED) is 0.624. The topological polar surface area (TPSA) is 58.4 Å². The van der Waals surface area contributed by atoms with Crippen LogP contribution in [-0.2, 0) is 0 Å². The third-order valence-corrected chi connectivity index (χ3v) is 1.84. The fraction of sp³-hybridized carbons (Fsp3) is 0.857. The highest BCUT2D eigenvalue weighted by Crippen LogP contribution is 2.05. The van der Waals surface area contributed by atoms with E-state index in [1.165, 1.54) is 0 Å². The molecule has 0 saturated carbocycles. The van der Waals surface area contributed by atoms with Gasteiger partial charge >= 0.3 is 6.03 Å². The number of nitrogens with one attached hydrogen (secondary N) is 1. The lowest BCUT2D eigenvalue weighted by atomic mass is 10.3. The van der Waals surface area contributed by atoms with E-state index in [4.69, 9.17) is 5.73 Å². The highest BCUT2D eigenvalue weighted by molar-refractivity contribution is 5.85. The second kappa shape index (κ2) is 5.22. The SMILES string of the molecule is CCNC(=O)N1CCC(N)C1.Cl. The Balaban J connectivity index is 0.00000121. The molecule has 0 spiro atoms. The minimum Gasteiger partial charge on any atom is -0.338 e. The van der Waals surface area contributed by atoms with E-state index in [-0.39, 0.29) is 24.5 Å². The first-order valence-electron chi connectivity index (χ1n) is 4.02. The van der Waals surface area contributed by atoms with Crippen LogP contribution in [0.25, 0.3) is 0 Å². The number of carbonyl (C=O) groups excluding carboxylic acids is 1. The highest BCUT2D eigenvalue weighted by atomic mass is 35.5. The molecule has 3 N–H and O–H groups in total. The molecule has 72 valence electrons. The normalized spacial score (nSPS) is 21.8. The summed E-state index contributed by atoms with van der Waals surface area (Å²) >= 11 is 0. The largest absolute Gasteiger partial charge is 0.338 e. The Morgan fingerprint density at radius 3 is 2.83 bits per heavy atom. The van der Waals surface area contributed by atoms with Crippen LogP contribution in [0.1, 0.15) is 13.3 Å². The first-order chi connectivity index (χ1) is 5.24. The van der Waals surface area contributed by atoms with Gasteiger partial charge in [-0.15, -0.1) is 12.4 Å². The molecule has 0 aromatic heterocycles. The van der Waals surface area contributed by atoms with Crippen molar-refractivity contribution in [2.24, 2.45) is 5.73 Å². The maximum absolute atomic E-state index is 11.2. The van der Waals surface area contributed by atoms with E-state index in [1.54, 1.807) is 4.90 Å². The van der Waals surface area contributed by atoms with Gasteiger partial charge in [-0.2, -0.15) is 0 Å². The third kappa shape index (κ3) is 2.87. The molecule has 1 atom stereocenters. The number of rotatable bonds is 1. The van der Waals surface area contributed by atoms with E-state index in [0.717, 1.165) is 13.0 Å². The van der Waals surface area contributed by atoms with Crippen molar-refractivity contribution in [1.29, 1.82) is 0 Å². The predicted octanol–water partition coefficient (Wildman–Crippen LogP) is 0.171. The van der Waals surface area contributed by atoms with Gasteiger partial charge in [0.25, 0.3) is 0 Å². The van der Waals surface area contributed by atoms with Crippen molar-refractivity contribution < 1.29 is 4.79 Å². The van der Waals surface area contributed by atoms with Crippen LogP contribution in [0.3, 0.4) is 0 Å². The predicted molar refractivity (Wildman–Crippen MR) is 50.5 cm³/mol. The summed E-state index contributed by atoms with van der Waals surface area (Å²) in [5.74, 6) is 0. The Morgan fingerprint density at radius 1 is 1.75 bits per heavy atom. The summed E-state index contributed by atoms with van der Waals surface area (Å²) in [6.07, 6.45) is 0.928. The lowest BCUT2D eigenvalue weighted by Crippen LogP contribution is -2.39. The fourth-order valence-corrected chi connectivity index (χ4v) is 1.23. The smallest absolute Gasteiger partial charge is 0.317 e. The Morgan fingerprint density at radius 2 is 2.42 bits per heavy atom. The molecule has 12 heavy (non-hydrogen) atoms. The van der Waals surface area contributed by atoms with Gasteiger partial charge in [0.05, 0.1) is 0 Å². The fourth-order valence-electron chi connectivity index (χ4n) is 1.23. The molecular weight excluding hydrogens is 178 g/mol. The van der Waals surface area contributed by atoms with Gasteiger partial charge in [-0.05, 0) is 13.3 Å². The number of halogens is 1. The number of carbonyl (C=O) groups is 1. The number of likely N-dealkylation sites (tertiary alicyclic amines) is 1. The Labute approximate surface area is 78.9 Å². The van der Waals surface area contributed by atoms with Gasteiger partial charge < -0.3 is 16.0 Å². The van der Waals surface area contributed by atoms with Gasteiger partial charge in [0, 0.05) is 25.7 Å². The van der Waals surface area contributed by atoms with Crippen LogP contribution >= 0.6 is 12.4 Å². The Kier molecular flexibility index (Phi) is 5.01. The number of amides is 2. The molecule has 1 heterocycles. The zero-order chi connectivity index (χ0) is 8.27. The van der Waals surface area contributed by atoms with Crippen molar-refractivity contribution in [1.82, 2.24) is 10.2 Å². The molecule has 0 aromatic rings. The zero-order valence-electron chi connectivity index (χ0n) is 7.25. The molecule has 0 aromatic carbocycles. The van der Waals surface area contributed by atoms with Crippen molar-refractivity contribution in [2.75, 3.05) is 19.6 Å². The van der Waals surface area contributed by atoms with Gasteiger partial charge in [-0.3, -0.25) is 0 Å². The van der Waals surface area contributed by atoms with Crippen LogP contribution in [0, 0.1) is 0 Å². The maximum atomic E-state index is 11.2. The summed E-state index contributed by atoms with van der Waals surface area (Å²) in [5, 5.41) is 2.74. The molecule has 2 amide bonds. The summed E-state index contributed by atoms with van der Waals surface area (Å²) in [7, 11) is 0. The van der Waals surface area contributed by atoms with Gasteiger partial charge in [0.1, 0.15) is 0 Å². The van der Waals surface area contributed by atoms with Crippen LogP contribution in [0.2, 0.25) is 0 Å². The summed E-state index contributed by atoms with van der Waals surface area (Å²) in [6, 6.07) is 0.193. The molecule has 1 unspecified atom stereocenters. The number of nitrogens with two attached hydrogens (primary N) is 1. The summed E-state index contributed by atoms with van der Waals surface area (Å²) < 4.78 is 0. The molecule has 1 saturated heterocycles. The third-order valence-electron chi connectivity index (χ3n) is 1.84. The van der Waals surface area contributed by atoms with Crippen molar-refractivity contribution >= 4 is 18.4 Å². The Hall–Kier alpha value is -0.480. The molecule has 1 rings (SSSR count). The van der Waals surface area contributed by atoms with E-state index >= 15 is 0 Å². The van der Waals surface area contributed by atoms with E-state index in [0.29, 0.717) is 13.1 Å². The average molecular weight is 194 g/mol. The molecule has 1 fully saturated rings. The summed E-state index contributed by atoms with van der Waals surface area (Å²) in [6.45, 7) is 4.09. The van der Waals surface area contributed by atoms with Crippen molar-refractivity contribution in [3.63, 3.8) is 0 Å². The summed E-state index contributed by atoms with van der Waals surface area (Å²) in [5.41, 5.74) is 5.64. The molecule has 5 heteroatoms. The number of urea groups is 1. The van der Waals surface area contributed by atoms with Gasteiger partial charge in [-0.25, -0.2) is 4.79 Å². The van der Waals surface area contributed by atoms with Crippen molar-refractivity contribution in [3.8, 4) is 0 Å². The van der Waals surface area contributed by atoms with Crippen LogP contribution in [-0.4, -0.2) is 36.6 Å². The first-order valence-corrected chi connectivity index (χ1v) is 4.02. The minimum absolute atomic E-state index is 0. The van der Waals surface area contributed by atoms with E-state index in [9.17, 15) is 4.79 Å². The number of hydrogen-bond acceptors (Lipinski definition) is 2. The molecule has 4 nitrogen and oxygen atoms in total. The monoisotopic (exact) mass is 193 g/mol. The first kappa shape index (κ1) is 11.5. The van der Waals surface area contributed by atoms with Crippen LogP contribution < -0.4 is 11.1 Å². The van der Waals surface area contributed by atoms with Crippen LogP contribution in [0.15, 0.2) is 0 Å². The van der Waals surface area contributed by atoms with Gasteiger partial charge in [0.15, 0.2) is 0 Å². The molecule has 1 aliphatic rings. The minimum atomic E-state index is 0. The lowest BCUT2D eigenvalue weighted by Gasteiger charge is -2.15. The van der Waals surface area contributed by atoms with Crippen molar-refractivity contribution in [3.05, 3.63) is 0 Å². The molecule has 0 bridgehead atoms.